The summed E-state index contributed by atoms with van der Waals surface area (Å²) >= 11 is 0. The number of phenols is 2. The average molecular weight is 285 g/mol. The average Bonchev–Trinajstić information content (AvgIpc) is 2.44. The first-order valence-corrected chi connectivity index (χ1v) is 6.83. The zero-order valence-corrected chi connectivity index (χ0v) is 12.2. The van der Waals surface area contributed by atoms with E-state index in [1.54, 1.807) is 18.2 Å². The Balaban J connectivity index is 1.95. The lowest BCUT2D eigenvalue weighted by atomic mass is 10.1. The van der Waals surface area contributed by atoms with Crippen LogP contribution >= 0.6 is 0 Å². The van der Waals surface area contributed by atoms with E-state index in [9.17, 15) is 15.0 Å². The Morgan fingerprint density at radius 2 is 1.76 bits per heavy atom. The summed E-state index contributed by atoms with van der Waals surface area (Å²) in [5.41, 5.74) is 3.25. The minimum Gasteiger partial charge on any atom is -0.508 e. The Morgan fingerprint density at radius 1 is 1.05 bits per heavy atom. The summed E-state index contributed by atoms with van der Waals surface area (Å²) in [6.45, 7) is 3.70. The lowest BCUT2D eigenvalue weighted by Crippen LogP contribution is -2.13. The van der Waals surface area contributed by atoms with Gasteiger partial charge < -0.3 is 15.5 Å². The summed E-state index contributed by atoms with van der Waals surface area (Å²) in [5, 5.41) is 21.9. The number of benzene rings is 2. The molecule has 0 atom stereocenters. The van der Waals surface area contributed by atoms with E-state index in [2.05, 4.69) is 5.32 Å². The fourth-order valence-electron chi connectivity index (χ4n) is 2.03. The number of carbonyl (C=O) groups excluding carboxylic acids is 1. The second-order valence-electron chi connectivity index (χ2n) is 5.17. The molecule has 1 amide bonds. The van der Waals surface area contributed by atoms with E-state index in [0.29, 0.717) is 18.5 Å². The molecule has 2 rings (SSSR count). The third-order valence-electron chi connectivity index (χ3n) is 3.41. The molecule has 0 heterocycles. The lowest BCUT2D eigenvalue weighted by molar-refractivity contribution is -0.116. The number of nitrogens with one attached hydrogen (secondary N) is 1. The van der Waals surface area contributed by atoms with Gasteiger partial charge in [0, 0.05) is 18.2 Å². The number of hydrogen-bond acceptors (Lipinski definition) is 3. The second kappa shape index (κ2) is 6.31. The van der Waals surface area contributed by atoms with Crippen molar-refractivity contribution in [2.75, 3.05) is 5.32 Å². The molecule has 0 unspecified atom stereocenters. The van der Waals surface area contributed by atoms with E-state index in [0.717, 1.165) is 16.7 Å². The predicted molar refractivity (Wildman–Crippen MR) is 82.6 cm³/mol. The van der Waals surface area contributed by atoms with E-state index < -0.39 is 0 Å². The minimum absolute atomic E-state index is 0.122. The van der Waals surface area contributed by atoms with Gasteiger partial charge in [0.05, 0.1) is 0 Å². The monoisotopic (exact) mass is 285 g/mol. The standard InChI is InChI=1S/C17H19NO3/c1-11-4-7-14(19)10-15(11)18-17(21)8-6-13-5-3-12(2)16(20)9-13/h3-5,7,9-10,19-20H,6,8H2,1-2H3,(H,18,21). The smallest absolute Gasteiger partial charge is 0.224 e. The maximum Gasteiger partial charge on any atom is 0.224 e. The van der Waals surface area contributed by atoms with Crippen molar-refractivity contribution in [3.8, 4) is 11.5 Å². The quantitative estimate of drug-likeness (QED) is 0.807. The third kappa shape index (κ3) is 3.99. The van der Waals surface area contributed by atoms with Gasteiger partial charge in [-0.2, -0.15) is 0 Å². The second-order valence-corrected chi connectivity index (χ2v) is 5.17. The summed E-state index contributed by atoms with van der Waals surface area (Å²) in [6, 6.07) is 10.3. The number of hydrogen-bond donors (Lipinski definition) is 3. The highest BCUT2D eigenvalue weighted by molar-refractivity contribution is 5.91. The zero-order chi connectivity index (χ0) is 15.4. The third-order valence-corrected chi connectivity index (χ3v) is 3.41. The van der Waals surface area contributed by atoms with Gasteiger partial charge in [0.15, 0.2) is 0 Å². The van der Waals surface area contributed by atoms with Crippen LogP contribution < -0.4 is 5.32 Å². The van der Waals surface area contributed by atoms with Gasteiger partial charge in [0.25, 0.3) is 0 Å². The van der Waals surface area contributed by atoms with Crippen LogP contribution in [0.3, 0.4) is 0 Å². The van der Waals surface area contributed by atoms with E-state index in [1.165, 1.54) is 6.07 Å². The summed E-state index contributed by atoms with van der Waals surface area (Å²) in [7, 11) is 0. The van der Waals surface area contributed by atoms with Crippen molar-refractivity contribution in [2.24, 2.45) is 0 Å². The number of aryl methyl sites for hydroxylation is 3. The van der Waals surface area contributed by atoms with Gasteiger partial charge in [-0.15, -0.1) is 0 Å². The number of rotatable bonds is 4. The molecule has 0 aliphatic carbocycles. The molecule has 0 saturated heterocycles. The molecule has 2 aromatic carbocycles. The van der Waals surface area contributed by atoms with Crippen LogP contribution in [0, 0.1) is 13.8 Å². The first kappa shape index (κ1) is 14.9. The summed E-state index contributed by atoms with van der Waals surface area (Å²) in [6.07, 6.45) is 0.870. The van der Waals surface area contributed by atoms with E-state index >= 15 is 0 Å². The van der Waals surface area contributed by atoms with E-state index in [-0.39, 0.29) is 17.4 Å². The van der Waals surface area contributed by atoms with Gasteiger partial charge in [0.2, 0.25) is 5.91 Å². The Hall–Kier alpha value is -2.49. The van der Waals surface area contributed by atoms with Gasteiger partial charge >= 0.3 is 0 Å². The molecule has 0 bridgehead atoms. The number of amides is 1. The molecule has 3 N–H and O–H groups in total. The molecular formula is C17H19NO3. The summed E-state index contributed by atoms with van der Waals surface area (Å²) in [4.78, 5) is 11.9. The van der Waals surface area contributed by atoms with Crippen molar-refractivity contribution in [3.63, 3.8) is 0 Å². The fraction of sp³-hybridized carbons (Fsp3) is 0.235. The highest BCUT2D eigenvalue weighted by Crippen LogP contribution is 2.22. The number of anilines is 1. The summed E-state index contributed by atoms with van der Waals surface area (Å²) < 4.78 is 0. The van der Waals surface area contributed by atoms with Crippen LogP contribution in [0.25, 0.3) is 0 Å². The van der Waals surface area contributed by atoms with Crippen LogP contribution in [-0.2, 0) is 11.2 Å². The normalized spacial score (nSPS) is 10.4. The molecule has 2 aromatic rings. The first-order valence-electron chi connectivity index (χ1n) is 6.83. The fourth-order valence-corrected chi connectivity index (χ4v) is 2.03. The van der Waals surface area contributed by atoms with Crippen molar-refractivity contribution in [1.29, 1.82) is 0 Å². The van der Waals surface area contributed by atoms with Gasteiger partial charge in [-0.25, -0.2) is 0 Å². The van der Waals surface area contributed by atoms with Crippen molar-refractivity contribution in [3.05, 3.63) is 53.1 Å². The van der Waals surface area contributed by atoms with Gasteiger partial charge in [-0.05, 0) is 49.1 Å². The Morgan fingerprint density at radius 3 is 2.48 bits per heavy atom. The van der Waals surface area contributed by atoms with Crippen LogP contribution in [0.15, 0.2) is 36.4 Å². The van der Waals surface area contributed by atoms with Crippen LogP contribution in [0.2, 0.25) is 0 Å². The minimum atomic E-state index is -0.122. The topological polar surface area (TPSA) is 69.6 Å². The largest absolute Gasteiger partial charge is 0.508 e. The van der Waals surface area contributed by atoms with Crippen molar-refractivity contribution in [1.82, 2.24) is 0 Å². The molecule has 0 fully saturated rings. The predicted octanol–water partition coefficient (Wildman–Crippen LogP) is 3.29. The maximum atomic E-state index is 11.9. The Labute approximate surface area is 124 Å². The van der Waals surface area contributed by atoms with Gasteiger partial charge in [0.1, 0.15) is 11.5 Å². The van der Waals surface area contributed by atoms with Crippen LogP contribution in [0.1, 0.15) is 23.1 Å². The molecule has 0 spiro atoms. The highest BCUT2D eigenvalue weighted by Gasteiger charge is 2.07. The van der Waals surface area contributed by atoms with Crippen molar-refractivity contribution >= 4 is 11.6 Å². The molecule has 0 aliphatic heterocycles. The van der Waals surface area contributed by atoms with Crippen molar-refractivity contribution < 1.29 is 15.0 Å². The molecule has 110 valence electrons. The molecule has 0 radical (unpaired) electrons. The van der Waals surface area contributed by atoms with Crippen LogP contribution in [0.4, 0.5) is 5.69 Å². The maximum absolute atomic E-state index is 11.9. The van der Waals surface area contributed by atoms with Crippen LogP contribution in [-0.4, -0.2) is 16.1 Å². The zero-order valence-electron chi connectivity index (χ0n) is 12.2. The van der Waals surface area contributed by atoms with E-state index in [4.69, 9.17) is 0 Å². The lowest BCUT2D eigenvalue weighted by Gasteiger charge is -2.09. The number of aromatic hydroxyl groups is 2. The highest BCUT2D eigenvalue weighted by atomic mass is 16.3. The molecule has 4 heteroatoms. The number of phenolic OH excluding ortho intramolecular Hbond substituents is 2. The molecule has 21 heavy (non-hydrogen) atoms. The Bertz CT molecular complexity index is 665. The molecular weight excluding hydrogens is 266 g/mol. The molecule has 0 saturated carbocycles. The SMILES string of the molecule is Cc1ccc(CCC(=O)Nc2cc(O)ccc2C)cc1O. The molecule has 0 aromatic heterocycles. The van der Waals surface area contributed by atoms with Crippen LogP contribution in [0.5, 0.6) is 11.5 Å². The van der Waals surface area contributed by atoms with Gasteiger partial charge in [-0.3, -0.25) is 4.79 Å². The van der Waals surface area contributed by atoms with Crippen molar-refractivity contribution in [2.45, 2.75) is 26.7 Å². The Kier molecular flexibility index (Phi) is 4.48. The number of carbonyl (C=O) groups is 1. The van der Waals surface area contributed by atoms with E-state index in [1.807, 2.05) is 26.0 Å². The molecule has 4 nitrogen and oxygen atoms in total. The molecule has 0 aliphatic rings. The van der Waals surface area contributed by atoms with Gasteiger partial charge in [-0.1, -0.05) is 18.2 Å². The summed E-state index contributed by atoms with van der Waals surface area (Å²) in [5.74, 6) is 0.250. The first-order chi connectivity index (χ1) is 9.95.